The minimum Gasteiger partial charge on any atom is -0.326 e. The predicted octanol–water partition coefficient (Wildman–Crippen LogP) is 1.24. The first kappa shape index (κ1) is 7.29. The Morgan fingerprint density at radius 2 is 1.91 bits per heavy atom. The molecule has 0 radical (unpaired) electrons. The Kier molecular flexibility index (Phi) is 1.53. The number of ketones is 1. The SMILES string of the molecule is N[C@H]1CC(=O)C12CCCCC2. The van der Waals surface area contributed by atoms with E-state index in [1.807, 2.05) is 0 Å². The van der Waals surface area contributed by atoms with Crippen molar-refractivity contribution in [2.45, 2.75) is 44.6 Å². The molecule has 2 fully saturated rings. The van der Waals surface area contributed by atoms with E-state index >= 15 is 0 Å². The lowest BCUT2D eigenvalue weighted by atomic mass is 9.57. The molecule has 0 bridgehead atoms. The van der Waals surface area contributed by atoms with Gasteiger partial charge >= 0.3 is 0 Å². The Morgan fingerprint density at radius 1 is 1.27 bits per heavy atom. The second kappa shape index (κ2) is 2.31. The van der Waals surface area contributed by atoms with Gasteiger partial charge in [0.1, 0.15) is 5.78 Å². The van der Waals surface area contributed by atoms with Crippen molar-refractivity contribution in [1.29, 1.82) is 0 Å². The summed E-state index contributed by atoms with van der Waals surface area (Å²) in [7, 11) is 0. The summed E-state index contributed by atoms with van der Waals surface area (Å²) in [6.45, 7) is 0. The molecule has 2 heteroatoms. The van der Waals surface area contributed by atoms with Crippen LogP contribution in [0.5, 0.6) is 0 Å². The van der Waals surface area contributed by atoms with Crippen LogP contribution in [0.3, 0.4) is 0 Å². The molecule has 0 unspecified atom stereocenters. The molecule has 2 aliphatic carbocycles. The van der Waals surface area contributed by atoms with E-state index in [2.05, 4.69) is 0 Å². The van der Waals surface area contributed by atoms with E-state index in [0.717, 1.165) is 12.8 Å². The van der Waals surface area contributed by atoms with Crippen molar-refractivity contribution in [3.05, 3.63) is 0 Å². The third-order valence-corrected chi connectivity index (χ3v) is 3.42. The molecule has 11 heavy (non-hydrogen) atoms. The van der Waals surface area contributed by atoms with Gasteiger partial charge in [0.05, 0.1) is 0 Å². The van der Waals surface area contributed by atoms with Crippen molar-refractivity contribution in [2.75, 3.05) is 0 Å². The van der Waals surface area contributed by atoms with Gasteiger partial charge in [-0.05, 0) is 12.8 Å². The van der Waals surface area contributed by atoms with E-state index in [1.165, 1.54) is 19.3 Å². The molecule has 1 spiro atoms. The summed E-state index contributed by atoms with van der Waals surface area (Å²) in [4.78, 5) is 11.3. The van der Waals surface area contributed by atoms with Gasteiger partial charge in [0.15, 0.2) is 0 Å². The van der Waals surface area contributed by atoms with Gasteiger partial charge < -0.3 is 5.73 Å². The van der Waals surface area contributed by atoms with E-state index in [1.54, 1.807) is 0 Å². The Bertz CT molecular complexity index is 182. The van der Waals surface area contributed by atoms with Gasteiger partial charge in [0.25, 0.3) is 0 Å². The largest absolute Gasteiger partial charge is 0.326 e. The zero-order valence-corrected chi connectivity index (χ0v) is 6.81. The van der Waals surface area contributed by atoms with Gasteiger partial charge in [-0.2, -0.15) is 0 Å². The number of Topliss-reactive ketones (excluding diaryl/α,β-unsaturated/α-hetero) is 1. The van der Waals surface area contributed by atoms with Crippen molar-refractivity contribution >= 4 is 5.78 Å². The maximum atomic E-state index is 11.3. The fourth-order valence-corrected chi connectivity index (χ4v) is 2.51. The number of hydrogen-bond acceptors (Lipinski definition) is 2. The average molecular weight is 153 g/mol. The molecule has 2 rings (SSSR count). The summed E-state index contributed by atoms with van der Waals surface area (Å²) < 4.78 is 0. The highest BCUT2D eigenvalue weighted by Crippen LogP contribution is 2.47. The van der Waals surface area contributed by atoms with Crippen LogP contribution >= 0.6 is 0 Å². The zero-order chi connectivity index (χ0) is 7.90. The highest BCUT2D eigenvalue weighted by atomic mass is 16.1. The maximum absolute atomic E-state index is 11.3. The first-order chi connectivity index (χ1) is 5.26. The Morgan fingerprint density at radius 3 is 2.27 bits per heavy atom. The second-order valence-corrected chi connectivity index (χ2v) is 3.95. The summed E-state index contributed by atoms with van der Waals surface area (Å²) in [5, 5.41) is 0. The fourth-order valence-electron chi connectivity index (χ4n) is 2.51. The molecular formula is C9H15NO. The quantitative estimate of drug-likeness (QED) is 0.569. The summed E-state index contributed by atoms with van der Waals surface area (Å²) in [6.07, 6.45) is 6.47. The number of carbonyl (C=O) groups excluding carboxylic acids is 1. The third-order valence-electron chi connectivity index (χ3n) is 3.42. The summed E-state index contributed by atoms with van der Waals surface area (Å²) in [5.41, 5.74) is 5.81. The lowest BCUT2D eigenvalue weighted by Gasteiger charge is -2.48. The van der Waals surface area contributed by atoms with Crippen molar-refractivity contribution in [3.8, 4) is 0 Å². The minimum atomic E-state index is -0.0434. The Labute approximate surface area is 67.1 Å². The molecule has 0 saturated heterocycles. The van der Waals surface area contributed by atoms with Gasteiger partial charge in [-0.1, -0.05) is 19.3 Å². The van der Waals surface area contributed by atoms with E-state index in [0.29, 0.717) is 12.2 Å². The van der Waals surface area contributed by atoms with Gasteiger partial charge in [-0.3, -0.25) is 4.79 Å². The molecule has 0 aromatic carbocycles. The van der Waals surface area contributed by atoms with Gasteiger partial charge in [-0.25, -0.2) is 0 Å². The normalized spacial score (nSPS) is 35.4. The van der Waals surface area contributed by atoms with Crippen molar-refractivity contribution < 1.29 is 4.79 Å². The van der Waals surface area contributed by atoms with Crippen LogP contribution in [0.15, 0.2) is 0 Å². The van der Waals surface area contributed by atoms with Crippen LogP contribution in [-0.4, -0.2) is 11.8 Å². The molecule has 1 atom stereocenters. The molecule has 2 nitrogen and oxygen atoms in total. The van der Waals surface area contributed by atoms with Crippen molar-refractivity contribution in [1.82, 2.24) is 0 Å². The first-order valence-corrected chi connectivity index (χ1v) is 4.55. The van der Waals surface area contributed by atoms with E-state index in [-0.39, 0.29) is 11.5 Å². The molecule has 0 aromatic heterocycles. The molecule has 0 amide bonds. The molecular weight excluding hydrogens is 138 g/mol. The van der Waals surface area contributed by atoms with E-state index in [9.17, 15) is 4.79 Å². The summed E-state index contributed by atoms with van der Waals surface area (Å²) in [5.74, 6) is 0.435. The minimum absolute atomic E-state index is 0.0434. The van der Waals surface area contributed by atoms with Crippen LogP contribution in [0.25, 0.3) is 0 Å². The van der Waals surface area contributed by atoms with Gasteiger partial charge in [0, 0.05) is 17.9 Å². The lowest BCUT2D eigenvalue weighted by Crippen LogP contribution is -2.59. The van der Waals surface area contributed by atoms with E-state index in [4.69, 9.17) is 5.73 Å². The second-order valence-electron chi connectivity index (χ2n) is 3.95. The van der Waals surface area contributed by atoms with Crippen molar-refractivity contribution in [2.24, 2.45) is 11.1 Å². The summed E-state index contributed by atoms with van der Waals surface area (Å²) in [6, 6.07) is 0.190. The van der Waals surface area contributed by atoms with Crippen LogP contribution in [0.1, 0.15) is 38.5 Å². The Balaban J connectivity index is 2.12. The molecule has 2 saturated carbocycles. The number of rotatable bonds is 0. The highest BCUT2D eigenvalue weighted by molar-refractivity contribution is 5.92. The third kappa shape index (κ3) is 0.853. The average Bonchev–Trinajstić information content (AvgIpc) is 2.07. The first-order valence-electron chi connectivity index (χ1n) is 4.55. The van der Waals surface area contributed by atoms with Crippen LogP contribution in [0, 0.1) is 5.41 Å². The number of hydrogen-bond donors (Lipinski definition) is 1. The molecule has 2 N–H and O–H groups in total. The lowest BCUT2D eigenvalue weighted by molar-refractivity contribution is -0.143. The van der Waals surface area contributed by atoms with E-state index < -0.39 is 0 Å². The highest BCUT2D eigenvalue weighted by Gasteiger charge is 2.52. The predicted molar refractivity (Wildman–Crippen MR) is 43.1 cm³/mol. The maximum Gasteiger partial charge on any atom is 0.142 e. The van der Waals surface area contributed by atoms with Crippen molar-refractivity contribution in [3.63, 3.8) is 0 Å². The van der Waals surface area contributed by atoms with Crippen LogP contribution in [0.4, 0.5) is 0 Å². The topological polar surface area (TPSA) is 43.1 Å². The molecule has 2 aliphatic rings. The van der Waals surface area contributed by atoms with Gasteiger partial charge in [0.2, 0.25) is 0 Å². The summed E-state index contributed by atoms with van der Waals surface area (Å²) >= 11 is 0. The molecule has 0 aliphatic heterocycles. The number of carbonyl (C=O) groups is 1. The standard InChI is InChI=1S/C9H15NO/c10-7-6-8(11)9(7)4-2-1-3-5-9/h7H,1-6,10H2/t7-/m0/s1. The van der Waals surface area contributed by atoms with Crippen LogP contribution in [-0.2, 0) is 4.79 Å². The molecule has 0 heterocycles. The molecule has 0 aromatic rings. The van der Waals surface area contributed by atoms with Gasteiger partial charge in [-0.15, -0.1) is 0 Å². The zero-order valence-electron chi connectivity index (χ0n) is 6.81. The Hall–Kier alpha value is -0.370. The van der Waals surface area contributed by atoms with Crippen LogP contribution < -0.4 is 5.73 Å². The smallest absolute Gasteiger partial charge is 0.142 e. The fraction of sp³-hybridized carbons (Fsp3) is 0.889. The molecule has 62 valence electrons. The monoisotopic (exact) mass is 153 g/mol. The number of nitrogens with two attached hydrogens (primary N) is 1. The van der Waals surface area contributed by atoms with Crippen LogP contribution in [0.2, 0.25) is 0 Å².